The van der Waals surface area contributed by atoms with Crippen molar-refractivity contribution in [1.29, 1.82) is 0 Å². The second-order valence-electron chi connectivity index (χ2n) is 7.00. The summed E-state index contributed by atoms with van der Waals surface area (Å²) in [6.45, 7) is 4.36. The van der Waals surface area contributed by atoms with Crippen LogP contribution in [0.15, 0.2) is 71.5 Å². The summed E-state index contributed by atoms with van der Waals surface area (Å²) >= 11 is 0. The van der Waals surface area contributed by atoms with Gasteiger partial charge in [0.25, 0.3) is 0 Å². The Labute approximate surface area is 169 Å². The molecule has 0 amide bonds. The minimum Gasteiger partial charge on any atom is -0.489 e. The summed E-state index contributed by atoms with van der Waals surface area (Å²) in [5.41, 5.74) is 5.70. The summed E-state index contributed by atoms with van der Waals surface area (Å²) in [7, 11) is 1.58. The Hall–Kier alpha value is -3.67. The molecule has 0 radical (unpaired) electrons. The van der Waals surface area contributed by atoms with Gasteiger partial charge in [0.1, 0.15) is 12.4 Å². The van der Waals surface area contributed by atoms with Gasteiger partial charge in [0.05, 0.1) is 5.69 Å². The van der Waals surface area contributed by atoms with Crippen molar-refractivity contribution in [3.05, 3.63) is 93.9 Å². The summed E-state index contributed by atoms with van der Waals surface area (Å²) in [4.78, 5) is 12.3. The molecule has 0 spiro atoms. The van der Waals surface area contributed by atoms with Crippen LogP contribution in [0.2, 0.25) is 0 Å². The molecule has 0 bridgehead atoms. The van der Waals surface area contributed by atoms with E-state index in [4.69, 9.17) is 4.74 Å². The SMILES string of the molecule is Cc1cc(-c2ccccc2)ccc1OCc1c(C)cccc1-n1nnn(C)c1=O. The van der Waals surface area contributed by atoms with Crippen molar-refractivity contribution >= 4 is 0 Å². The number of benzene rings is 3. The third-order valence-electron chi connectivity index (χ3n) is 4.99. The van der Waals surface area contributed by atoms with Crippen molar-refractivity contribution in [2.45, 2.75) is 20.5 Å². The zero-order chi connectivity index (χ0) is 20.4. The summed E-state index contributed by atoms with van der Waals surface area (Å²) in [5, 5.41) is 7.78. The summed E-state index contributed by atoms with van der Waals surface area (Å²) in [6.07, 6.45) is 0. The van der Waals surface area contributed by atoms with Crippen molar-refractivity contribution in [3.8, 4) is 22.6 Å². The highest BCUT2D eigenvalue weighted by molar-refractivity contribution is 5.65. The standard InChI is InChI=1S/C23H22N4O2/c1-16-8-7-11-21(27-23(28)26(3)24-25-27)20(16)15-29-22-13-12-19(14-17(22)2)18-9-5-4-6-10-18/h4-14H,15H2,1-3H3. The quantitative estimate of drug-likeness (QED) is 0.523. The van der Waals surface area contributed by atoms with E-state index in [2.05, 4.69) is 34.7 Å². The summed E-state index contributed by atoms with van der Waals surface area (Å²) < 4.78 is 8.64. The van der Waals surface area contributed by atoms with E-state index < -0.39 is 0 Å². The van der Waals surface area contributed by atoms with E-state index in [0.29, 0.717) is 12.3 Å². The molecular formula is C23H22N4O2. The van der Waals surface area contributed by atoms with Gasteiger partial charge in [0.15, 0.2) is 0 Å². The smallest absolute Gasteiger partial charge is 0.368 e. The largest absolute Gasteiger partial charge is 0.489 e. The van der Waals surface area contributed by atoms with Gasteiger partial charge in [-0.1, -0.05) is 48.5 Å². The first-order valence-electron chi connectivity index (χ1n) is 9.41. The molecule has 0 fully saturated rings. The third-order valence-corrected chi connectivity index (χ3v) is 4.99. The van der Waals surface area contributed by atoms with Gasteiger partial charge in [-0.2, -0.15) is 9.36 Å². The van der Waals surface area contributed by atoms with Gasteiger partial charge in [0, 0.05) is 12.6 Å². The van der Waals surface area contributed by atoms with Gasteiger partial charge in [-0.25, -0.2) is 4.79 Å². The molecule has 1 heterocycles. The number of aryl methyl sites for hydroxylation is 3. The number of nitrogens with zero attached hydrogens (tertiary/aromatic N) is 4. The lowest BCUT2D eigenvalue weighted by molar-refractivity contribution is 0.302. The first kappa shape index (κ1) is 18.7. The number of rotatable bonds is 5. The van der Waals surface area contributed by atoms with Crippen LogP contribution in [0.25, 0.3) is 16.8 Å². The van der Waals surface area contributed by atoms with Crippen molar-refractivity contribution in [2.75, 3.05) is 0 Å². The number of hydrogen-bond donors (Lipinski definition) is 0. The molecule has 4 rings (SSSR count). The number of hydrogen-bond acceptors (Lipinski definition) is 4. The lowest BCUT2D eigenvalue weighted by atomic mass is 10.0. The van der Waals surface area contributed by atoms with Crippen LogP contribution in [0.5, 0.6) is 5.75 Å². The molecule has 0 atom stereocenters. The van der Waals surface area contributed by atoms with Crippen LogP contribution in [0.4, 0.5) is 0 Å². The Balaban J connectivity index is 1.62. The lowest BCUT2D eigenvalue weighted by Gasteiger charge is -2.15. The fourth-order valence-electron chi connectivity index (χ4n) is 3.31. The molecule has 0 saturated carbocycles. The van der Waals surface area contributed by atoms with E-state index >= 15 is 0 Å². The summed E-state index contributed by atoms with van der Waals surface area (Å²) in [6, 6.07) is 22.2. The molecule has 4 aromatic rings. The second-order valence-corrected chi connectivity index (χ2v) is 7.00. The Bertz CT molecular complexity index is 1210. The van der Waals surface area contributed by atoms with Crippen molar-refractivity contribution in [2.24, 2.45) is 7.05 Å². The molecule has 3 aromatic carbocycles. The minimum absolute atomic E-state index is 0.291. The molecule has 0 unspecified atom stereocenters. The average molecular weight is 386 g/mol. The second kappa shape index (κ2) is 7.75. The topological polar surface area (TPSA) is 61.9 Å². The molecule has 0 aliphatic rings. The highest BCUT2D eigenvalue weighted by Crippen LogP contribution is 2.27. The van der Waals surface area contributed by atoms with Gasteiger partial charge in [0.2, 0.25) is 0 Å². The van der Waals surface area contributed by atoms with E-state index in [1.165, 1.54) is 14.9 Å². The fourth-order valence-corrected chi connectivity index (χ4v) is 3.31. The van der Waals surface area contributed by atoms with E-state index in [-0.39, 0.29) is 5.69 Å². The van der Waals surface area contributed by atoms with Gasteiger partial charge >= 0.3 is 5.69 Å². The van der Waals surface area contributed by atoms with Crippen LogP contribution < -0.4 is 10.4 Å². The van der Waals surface area contributed by atoms with Gasteiger partial charge in [-0.15, -0.1) is 0 Å². The molecule has 6 nitrogen and oxygen atoms in total. The molecule has 6 heteroatoms. The van der Waals surface area contributed by atoms with Crippen LogP contribution in [0.1, 0.15) is 16.7 Å². The highest BCUT2D eigenvalue weighted by Gasteiger charge is 2.14. The van der Waals surface area contributed by atoms with Crippen molar-refractivity contribution in [3.63, 3.8) is 0 Å². The monoisotopic (exact) mass is 386 g/mol. The van der Waals surface area contributed by atoms with Crippen molar-refractivity contribution < 1.29 is 4.74 Å². The number of tetrazole rings is 1. The Morgan fingerprint density at radius 2 is 1.66 bits per heavy atom. The number of ether oxygens (including phenoxy) is 1. The van der Waals surface area contributed by atoms with Crippen LogP contribution in [0.3, 0.4) is 0 Å². The molecular weight excluding hydrogens is 364 g/mol. The van der Waals surface area contributed by atoms with Gasteiger partial charge < -0.3 is 4.74 Å². The molecule has 0 aliphatic carbocycles. The van der Waals surface area contributed by atoms with E-state index in [1.54, 1.807) is 7.05 Å². The Morgan fingerprint density at radius 1 is 0.862 bits per heavy atom. The minimum atomic E-state index is -0.291. The van der Waals surface area contributed by atoms with Crippen LogP contribution in [-0.2, 0) is 13.7 Å². The first-order valence-corrected chi connectivity index (χ1v) is 9.41. The normalized spacial score (nSPS) is 10.9. The summed E-state index contributed by atoms with van der Waals surface area (Å²) in [5.74, 6) is 0.811. The first-order chi connectivity index (χ1) is 14.0. The van der Waals surface area contributed by atoms with Crippen LogP contribution in [-0.4, -0.2) is 19.8 Å². The van der Waals surface area contributed by atoms with E-state index in [1.807, 2.05) is 56.3 Å². The lowest BCUT2D eigenvalue weighted by Crippen LogP contribution is -2.23. The molecule has 0 N–H and O–H groups in total. The van der Waals surface area contributed by atoms with Crippen LogP contribution in [0, 0.1) is 13.8 Å². The zero-order valence-corrected chi connectivity index (χ0v) is 16.7. The zero-order valence-electron chi connectivity index (χ0n) is 16.7. The molecule has 0 saturated heterocycles. The predicted octanol–water partition coefficient (Wildman–Crippen LogP) is 3.83. The van der Waals surface area contributed by atoms with Crippen molar-refractivity contribution in [1.82, 2.24) is 19.8 Å². The van der Waals surface area contributed by atoms with Gasteiger partial charge in [-0.05, 0) is 64.7 Å². The third kappa shape index (κ3) is 3.69. The van der Waals surface area contributed by atoms with Gasteiger partial charge in [-0.3, -0.25) is 0 Å². The maximum Gasteiger partial charge on any atom is 0.368 e. The fraction of sp³-hybridized carbons (Fsp3) is 0.174. The molecule has 146 valence electrons. The molecule has 29 heavy (non-hydrogen) atoms. The molecule has 0 aliphatic heterocycles. The Kier molecular flexibility index (Phi) is 4.99. The molecule has 1 aromatic heterocycles. The van der Waals surface area contributed by atoms with E-state index in [0.717, 1.165) is 28.0 Å². The number of aromatic nitrogens is 4. The average Bonchev–Trinajstić information content (AvgIpc) is 3.07. The predicted molar refractivity (Wildman–Crippen MR) is 112 cm³/mol. The maximum atomic E-state index is 12.3. The maximum absolute atomic E-state index is 12.3. The van der Waals surface area contributed by atoms with Crippen LogP contribution >= 0.6 is 0 Å². The Morgan fingerprint density at radius 3 is 2.34 bits per heavy atom. The highest BCUT2D eigenvalue weighted by atomic mass is 16.5. The van der Waals surface area contributed by atoms with E-state index in [9.17, 15) is 4.79 Å².